The molecule has 1 heterocycles. The lowest BCUT2D eigenvalue weighted by atomic mass is 10.1. The summed E-state index contributed by atoms with van der Waals surface area (Å²) >= 11 is 0.811. The van der Waals surface area contributed by atoms with E-state index in [0.717, 1.165) is 22.2 Å². The number of imide groups is 1. The van der Waals surface area contributed by atoms with Crippen LogP contribution in [0.4, 0.5) is 10.5 Å². The second-order valence-corrected chi connectivity index (χ2v) is 9.02. The Hall–Kier alpha value is -3.26. The Bertz CT molecular complexity index is 1080. The summed E-state index contributed by atoms with van der Waals surface area (Å²) in [5, 5.41) is 2.24. The van der Waals surface area contributed by atoms with Gasteiger partial charge in [-0.15, -0.1) is 0 Å². The van der Waals surface area contributed by atoms with Crippen LogP contribution in [0, 0.1) is 12.8 Å². The van der Waals surface area contributed by atoms with Gasteiger partial charge in [-0.25, -0.2) is 0 Å². The van der Waals surface area contributed by atoms with Gasteiger partial charge in [0.2, 0.25) is 5.91 Å². The van der Waals surface area contributed by atoms with Crippen molar-refractivity contribution in [3.8, 4) is 11.5 Å². The van der Waals surface area contributed by atoms with Crippen molar-refractivity contribution in [3.05, 3.63) is 58.5 Å². The first-order valence-corrected chi connectivity index (χ1v) is 11.6. The zero-order chi connectivity index (χ0) is 24.0. The predicted molar refractivity (Wildman–Crippen MR) is 130 cm³/mol. The van der Waals surface area contributed by atoms with E-state index in [1.165, 1.54) is 0 Å². The quantitative estimate of drug-likeness (QED) is 0.515. The van der Waals surface area contributed by atoms with Crippen LogP contribution in [-0.2, 0) is 9.59 Å². The summed E-state index contributed by atoms with van der Waals surface area (Å²) in [7, 11) is 0. The number of hydrogen-bond acceptors (Lipinski definition) is 6. The number of carbonyl (C=O) groups excluding carboxylic acids is 3. The van der Waals surface area contributed by atoms with Gasteiger partial charge >= 0.3 is 0 Å². The molecule has 0 radical (unpaired) electrons. The Labute approximate surface area is 198 Å². The number of carbonyl (C=O) groups is 3. The van der Waals surface area contributed by atoms with Gasteiger partial charge in [-0.05, 0) is 73.0 Å². The summed E-state index contributed by atoms with van der Waals surface area (Å²) in [5.74, 6) is 0.637. The van der Waals surface area contributed by atoms with Crippen LogP contribution in [0.15, 0.2) is 47.4 Å². The third-order valence-corrected chi connectivity index (χ3v) is 5.52. The monoisotopic (exact) mass is 468 g/mol. The highest BCUT2D eigenvalue weighted by molar-refractivity contribution is 8.18. The highest BCUT2D eigenvalue weighted by Crippen LogP contribution is 2.34. The van der Waals surface area contributed by atoms with Crippen molar-refractivity contribution in [2.24, 2.45) is 5.92 Å². The first-order valence-electron chi connectivity index (χ1n) is 10.8. The van der Waals surface area contributed by atoms with Crippen molar-refractivity contribution in [2.45, 2.75) is 27.7 Å². The van der Waals surface area contributed by atoms with Gasteiger partial charge in [-0.3, -0.25) is 19.3 Å². The standard InChI is InChI=1S/C25H28N2O5S/c1-5-31-21-12-18(9-10-20(21)32-15-16(2)3)13-22-24(29)27(25(30)33-22)14-23(28)26-19-8-6-7-17(4)11-19/h6-13,16H,5,14-15H2,1-4H3,(H,26,28)/b22-13-. The summed E-state index contributed by atoms with van der Waals surface area (Å²) in [6.07, 6.45) is 1.62. The molecule has 7 nitrogen and oxygen atoms in total. The molecule has 0 aliphatic carbocycles. The number of rotatable bonds is 9. The van der Waals surface area contributed by atoms with E-state index in [2.05, 4.69) is 19.2 Å². The van der Waals surface area contributed by atoms with Crippen LogP contribution in [0.2, 0.25) is 0 Å². The Morgan fingerprint density at radius 2 is 1.91 bits per heavy atom. The van der Waals surface area contributed by atoms with Crippen LogP contribution < -0.4 is 14.8 Å². The smallest absolute Gasteiger partial charge is 0.294 e. The number of ether oxygens (including phenoxy) is 2. The molecule has 1 saturated heterocycles. The van der Waals surface area contributed by atoms with E-state index in [-0.39, 0.29) is 11.4 Å². The van der Waals surface area contributed by atoms with E-state index in [1.807, 2.05) is 32.0 Å². The maximum Gasteiger partial charge on any atom is 0.294 e. The van der Waals surface area contributed by atoms with Crippen LogP contribution in [0.1, 0.15) is 31.9 Å². The average Bonchev–Trinajstić information content (AvgIpc) is 3.00. The van der Waals surface area contributed by atoms with Gasteiger partial charge in [-0.1, -0.05) is 32.0 Å². The molecule has 174 valence electrons. The Morgan fingerprint density at radius 3 is 2.61 bits per heavy atom. The maximum atomic E-state index is 12.8. The van der Waals surface area contributed by atoms with E-state index < -0.39 is 17.1 Å². The van der Waals surface area contributed by atoms with Crippen molar-refractivity contribution in [3.63, 3.8) is 0 Å². The fourth-order valence-electron chi connectivity index (χ4n) is 3.11. The third-order valence-electron chi connectivity index (χ3n) is 4.61. The molecule has 0 unspecified atom stereocenters. The summed E-state index contributed by atoms with van der Waals surface area (Å²) < 4.78 is 11.5. The molecule has 0 saturated carbocycles. The van der Waals surface area contributed by atoms with Gasteiger partial charge in [0.25, 0.3) is 11.1 Å². The van der Waals surface area contributed by atoms with Gasteiger partial charge in [0.1, 0.15) is 6.54 Å². The van der Waals surface area contributed by atoms with E-state index in [9.17, 15) is 14.4 Å². The molecular weight excluding hydrogens is 440 g/mol. The van der Waals surface area contributed by atoms with Gasteiger partial charge in [0.15, 0.2) is 11.5 Å². The Kier molecular flexibility index (Phi) is 8.16. The molecule has 2 aromatic rings. The Morgan fingerprint density at radius 1 is 1.12 bits per heavy atom. The number of nitrogens with zero attached hydrogens (tertiary/aromatic N) is 1. The molecule has 3 amide bonds. The number of aryl methyl sites for hydroxylation is 1. The molecule has 0 spiro atoms. The molecule has 0 bridgehead atoms. The first kappa shape index (κ1) is 24.4. The predicted octanol–water partition coefficient (Wildman–Crippen LogP) is 5.10. The van der Waals surface area contributed by atoms with Crippen LogP contribution in [-0.4, -0.2) is 41.7 Å². The highest BCUT2D eigenvalue weighted by Gasteiger charge is 2.36. The number of nitrogens with one attached hydrogen (secondary N) is 1. The molecular formula is C25H28N2O5S. The van der Waals surface area contributed by atoms with Crippen LogP contribution in [0.25, 0.3) is 6.08 Å². The SMILES string of the molecule is CCOc1cc(/C=C2\SC(=O)N(CC(=O)Nc3cccc(C)c3)C2=O)ccc1OCC(C)C. The zero-order valence-electron chi connectivity index (χ0n) is 19.2. The lowest BCUT2D eigenvalue weighted by Gasteiger charge is -2.14. The largest absolute Gasteiger partial charge is 0.490 e. The maximum absolute atomic E-state index is 12.8. The molecule has 3 rings (SSSR count). The Balaban J connectivity index is 1.71. The summed E-state index contributed by atoms with van der Waals surface area (Å²) in [6.45, 7) is 8.60. The number of benzene rings is 2. The van der Waals surface area contributed by atoms with Crippen LogP contribution in [0.3, 0.4) is 0 Å². The molecule has 1 N–H and O–H groups in total. The van der Waals surface area contributed by atoms with Crippen molar-refractivity contribution < 1.29 is 23.9 Å². The fourth-order valence-corrected chi connectivity index (χ4v) is 3.95. The van der Waals surface area contributed by atoms with E-state index in [0.29, 0.717) is 41.9 Å². The topological polar surface area (TPSA) is 84.9 Å². The summed E-state index contributed by atoms with van der Waals surface area (Å²) in [4.78, 5) is 38.8. The lowest BCUT2D eigenvalue weighted by Crippen LogP contribution is -2.36. The molecule has 1 aliphatic heterocycles. The van der Waals surface area contributed by atoms with Gasteiger partial charge in [0.05, 0.1) is 18.1 Å². The minimum absolute atomic E-state index is 0.252. The minimum Gasteiger partial charge on any atom is -0.490 e. The fraction of sp³-hybridized carbons (Fsp3) is 0.320. The van der Waals surface area contributed by atoms with Crippen LogP contribution >= 0.6 is 11.8 Å². The van der Waals surface area contributed by atoms with Crippen molar-refractivity contribution in [2.75, 3.05) is 25.1 Å². The van der Waals surface area contributed by atoms with Gasteiger partial charge in [-0.2, -0.15) is 0 Å². The van der Waals surface area contributed by atoms with E-state index in [1.54, 1.807) is 30.3 Å². The zero-order valence-corrected chi connectivity index (χ0v) is 20.0. The lowest BCUT2D eigenvalue weighted by molar-refractivity contribution is -0.127. The summed E-state index contributed by atoms with van der Waals surface area (Å²) in [6, 6.07) is 12.7. The average molecular weight is 469 g/mol. The molecule has 1 fully saturated rings. The molecule has 0 atom stereocenters. The molecule has 33 heavy (non-hydrogen) atoms. The van der Waals surface area contributed by atoms with E-state index in [4.69, 9.17) is 9.47 Å². The first-order chi connectivity index (χ1) is 15.8. The van der Waals surface area contributed by atoms with Gasteiger partial charge < -0.3 is 14.8 Å². The molecule has 0 aromatic heterocycles. The summed E-state index contributed by atoms with van der Waals surface area (Å²) in [5.41, 5.74) is 2.31. The number of thioether (sulfide) groups is 1. The second kappa shape index (κ2) is 11.0. The molecule has 8 heteroatoms. The van der Waals surface area contributed by atoms with Crippen molar-refractivity contribution >= 4 is 40.6 Å². The normalized spacial score (nSPS) is 14.8. The van der Waals surface area contributed by atoms with Crippen molar-refractivity contribution in [1.29, 1.82) is 0 Å². The third kappa shape index (κ3) is 6.61. The van der Waals surface area contributed by atoms with Crippen LogP contribution in [0.5, 0.6) is 11.5 Å². The molecule has 1 aliphatic rings. The highest BCUT2D eigenvalue weighted by atomic mass is 32.2. The van der Waals surface area contributed by atoms with Gasteiger partial charge in [0, 0.05) is 5.69 Å². The number of anilines is 1. The van der Waals surface area contributed by atoms with Crippen molar-refractivity contribution in [1.82, 2.24) is 4.90 Å². The number of amides is 3. The molecule has 2 aromatic carbocycles. The van der Waals surface area contributed by atoms with E-state index >= 15 is 0 Å². The number of hydrogen-bond donors (Lipinski definition) is 1. The minimum atomic E-state index is -0.498. The second-order valence-electron chi connectivity index (χ2n) is 8.03.